The fraction of sp³-hybridized carbons (Fsp3) is 0.375. The van der Waals surface area contributed by atoms with E-state index in [4.69, 9.17) is 0 Å². The summed E-state index contributed by atoms with van der Waals surface area (Å²) in [6.45, 7) is 1.41. The second-order valence-electron chi connectivity index (χ2n) is 8.74. The number of piperidine rings is 1. The molecular formula is C24H23F5N6O. The Morgan fingerprint density at radius 2 is 1.86 bits per heavy atom. The van der Waals surface area contributed by atoms with Crippen molar-refractivity contribution in [1.29, 1.82) is 0 Å². The van der Waals surface area contributed by atoms with Gasteiger partial charge in [-0.3, -0.25) is 14.7 Å². The second kappa shape index (κ2) is 10.2. The van der Waals surface area contributed by atoms with Crippen molar-refractivity contribution in [3.05, 3.63) is 65.9 Å². The fourth-order valence-electron chi connectivity index (χ4n) is 4.47. The number of halogens is 5. The van der Waals surface area contributed by atoms with Crippen LogP contribution in [0.3, 0.4) is 0 Å². The van der Waals surface area contributed by atoms with E-state index >= 15 is 0 Å². The molecule has 3 aromatic heterocycles. The van der Waals surface area contributed by atoms with Gasteiger partial charge in [0.2, 0.25) is 0 Å². The number of carbonyl (C=O) groups is 1. The van der Waals surface area contributed by atoms with Crippen molar-refractivity contribution in [3.63, 3.8) is 0 Å². The first-order chi connectivity index (χ1) is 17.1. The maximum Gasteiger partial charge on any atom is 0.417 e. The van der Waals surface area contributed by atoms with Gasteiger partial charge in [-0.15, -0.1) is 0 Å². The van der Waals surface area contributed by atoms with Gasteiger partial charge in [0.05, 0.1) is 17.7 Å². The van der Waals surface area contributed by atoms with Crippen LogP contribution in [0.1, 0.15) is 35.0 Å². The van der Waals surface area contributed by atoms with E-state index in [1.165, 1.54) is 24.7 Å². The number of hydrogen-bond acceptors (Lipinski definition) is 7. The minimum atomic E-state index is -4.50. The van der Waals surface area contributed by atoms with E-state index in [0.717, 1.165) is 12.3 Å². The zero-order valence-electron chi connectivity index (χ0n) is 19.2. The van der Waals surface area contributed by atoms with E-state index in [-0.39, 0.29) is 36.8 Å². The highest BCUT2D eigenvalue weighted by atomic mass is 19.4. The number of nitrogens with one attached hydrogen (secondary N) is 1. The van der Waals surface area contributed by atoms with Crippen LogP contribution in [-0.4, -0.2) is 56.2 Å². The zero-order chi connectivity index (χ0) is 25.9. The Kier molecular flexibility index (Phi) is 7.25. The smallest absolute Gasteiger partial charge is 0.368 e. The number of carbonyl (C=O) groups excluding carboxylic acids is 1. The largest absolute Gasteiger partial charge is 0.417 e. The number of anilines is 1. The minimum absolute atomic E-state index is 0.0592. The molecule has 4 heterocycles. The minimum Gasteiger partial charge on any atom is -0.368 e. The average molecular weight is 506 g/mol. The van der Waals surface area contributed by atoms with E-state index in [1.807, 2.05) is 0 Å². The van der Waals surface area contributed by atoms with Crippen LogP contribution in [-0.2, 0) is 12.7 Å². The first-order valence-electron chi connectivity index (χ1n) is 11.2. The summed E-state index contributed by atoms with van der Waals surface area (Å²) in [6.07, 6.45) is 0.901. The summed E-state index contributed by atoms with van der Waals surface area (Å²) >= 11 is 0. The lowest BCUT2D eigenvalue weighted by atomic mass is 9.87. The molecule has 7 nitrogen and oxygen atoms in total. The van der Waals surface area contributed by atoms with Gasteiger partial charge in [-0.1, -0.05) is 6.92 Å². The highest BCUT2D eigenvalue weighted by Crippen LogP contribution is 2.36. The first-order valence-corrected chi connectivity index (χ1v) is 11.2. The number of likely N-dealkylation sites (tertiary alicyclic amines) is 1. The monoisotopic (exact) mass is 506 g/mol. The van der Waals surface area contributed by atoms with Gasteiger partial charge in [0.15, 0.2) is 12.1 Å². The SMILES string of the molecule is C[C@@H]1CC(F)(F)CN(Cc2ccnc(C=O)c2-c2ncccn2)[C@@H]1CNc1ccc(C(F)(F)F)cn1. The van der Waals surface area contributed by atoms with E-state index in [0.29, 0.717) is 17.4 Å². The highest BCUT2D eigenvalue weighted by molar-refractivity contribution is 5.84. The Morgan fingerprint density at radius 1 is 1.11 bits per heavy atom. The summed E-state index contributed by atoms with van der Waals surface area (Å²) in [4.78, 5) is 29.5. The molecular weight excluding hydrogens is 483 g/mol. The topological polar surface area (TPSA) is 83.9 Å². The molecule has 0 amide bonds. The van der Waals surface area contributed by atoms with Gasteiger partial charge in [-0.05, 0) is 35.7 Å². The van der Waals surface area contributed by atoms with Gasteiger partial charge in [0.25, 0.3) is 5.92 Å². The number of pyridine rings is 2. The summed E-state index contributed by atoms with van der Waals surface area (Å²) < 4.78 is 67.6. The van der Waals surface area contributed by atoms with Crippen LogP contribution in [0.4, 0.5) is 27.8 Å². The molecule has 0 bridgehead atoms. The molecule has 0 radical (unpaired) electrons. The Bertz CT molecular complexity index is 1190. The molecule has 1 saturated heterocycles. The summed E-state index contributed by atoms with van der Waals surface area (Å²) in [5.41, 5.74) is 0.144. The Balaban J connectivity index is 1.60. The van der Waals surface area contributed by atoms with Crippen LogP contribution in [0.2, 0.25) is 0 Å². The van der Waals surface area contributed by atoms with Gasteiger partial charge in [0.1, 0.15) is 11.5 Å². The molecule has 36 heavy (non-hydrogen) atoms. The summed E-state index contributed by atoms with van der Waals surface area (Å²) in [5.74, 6) is -2.92. The van der Waals surface area contributed by atoms with Gasteiger partial charge in [0, 0.05) is 50.3 Å². The normalized spacial score (nSPS) is 20.2. The number of aromatic nitrogens is 4. The third kappa shape index (κ3) is 5.81. The average Bonchev–Trinajstić information content (AvgIpc) is 2.83. The highest BCUT2D eigenvalue weighted by Gasteiger charge is 2.44. The lowest BCUT2D eigenvalue weighted by Crippen LogP contribution is -2.54. The van der Waals surface area contributed by atoms with Crippen molar-refractivity contribution in [2.24, 2.45) is 5.92 Å². The van der Waals surface area contributed by atoms with Crippen molar-refractivity contribution in [2.45, 2.75) is 38.0 Å². The van der Waals surface area contributed by atoms with E-state index < -0.39 is 36.2 Å². The maximum atomic E-state index is 14.6. The van der Waals surface area contributed by atoms with Crippen LogP contribution in [0.15, 0.2) is 49.1 Å². The Morgan fingerprint density at radius 3 is 2.50 bits per heavy atom. The predicted molar refractivity (Wildman–Crippen MR) is 121 cm³/mol. The lowest BCUT2D eigenvalue weighted by Gasteiger charge is -2.43. The summed E-state index contributed by atoms with van der Waals surface area (Å²) in [7, 11) is 0. The lowest BCUT2D eigenvalue weighted by molar-refractivity contribution is -0.137. The van der Waals surface area contributed by atoms with E-state index in [1.54, 1.807) is 24.0 Å². The molecule has 0 aliphatic carbocycles. The molecule has 0 aromatic carbocycles. The van der Waals surface area contributed by atoms with E-state index in [9.17, 15) is 26.7 Å². The van der Waals surface area contributed by atoms with Crippen molar-refractivity contribution >= 4 is 12.1 Å². The van der Waals surface area contributed by atoms with Crippen LogP contribution >= 0.6 is 0 Å². The molecule has 4 rings (SSSR count). The quantitative estimate of drug-likeness (QED) is 0.367. The van der Waals surface area contributed by atoms with Gasteiger partial charge >= 0.3 is 6.18 Å². The van der Waals surface area contributed by atoms with Gasteiger partial charge in [-0.2, -0.15) is 13.2 Å². The molecule has 0 saturated carbocycles. The van der Waals surface area contributed by atoms with Crippen molar-refractivity contribution in [1.82, 2.24) is 24.8 Å². The first kappa shape index (κ1) is 25.5. The molecule has 2 atom stereocenters. The van der Waals surface area contributed by atoms with Gasteiger partial charge in [-0.25, -0.2) is 23.7 Å². The van der Waals surface area contributed by atoms with Crippen molar-refractivity contribution in [2.75, 3.05) is 18.4 Å². The number of nitrogens with zero attached hydrogens (tertiary/aromatic N) is 5. The third-order valence-electron chi connectivity index (χ3n) is 6.11. The second-order valence-corrected chi connectivity index (χ2v) is 8.74. The molecule has 1 aliphatic heterocycles. The molecule has 12 heteroatoms. The molecule has 0 unspecified atom stereocenters. The molecule has 1 fully saturated rings. The third-order valence-corrected chi connectivity index (χ3v) is 6.11. The van der Waals surface area contributed by atoms with Crippen LogP contribution in [0.5, 0.6) is 0 Å². The fourth-order valence-corrected chi connectivity index (χ4v) is 4.47. The Labute approximate surface area is 203 Å². The zero-order valence-corrected chi connectivity index (χ0v) is 19.2. The number of hydrogen-bond donors (Lipinski definition) is 1. The molecule has 3 aromatic rings. The molecule has 0 spiro atoms. The molecule has 190 valence electrons. The van der Waals surface area contributed by atoms with E-state index in [2.05, 4.69) is 25.3 Å². The Hall–Kier alpha value is -3.54. The van der Waals surface area contributed by atoms with Gasteiger partial charge < -0.3 is 5.32 Å². The summed E-state index contributed by atoms with van der Waals surface area (Å²) in [5, 5.41) is 2.98. The maximum absolute atomic E-state index is 14.6. The number of alkyl halides is 5. The van der Waals surface area contributed by atoms with Crippen LogP contribution in [0.25, 0.3) is 11.4 Å². The molecule has 1 N–H and O–H groups in total. The summed E-state index contributed by atoms with van der Waals surface area (Å²) in [6, 6.07) is 4.97. The molecule has 1 aliphatic rings. The van der Waals surface area contributed by atoms with Crippen molar-refractivity contribution in [3.8, 4) is 11.4 Å². The number of aldehydes is 1. The van der Waals surface area contributed by atoms with Crippen LogP contribution < -0.4 is 5.32 Å². The van der Waals surface area contributed by atoms with Crippen LogP contribution in [0, 0.1) is 5.92 Å². The number of rotatable bonds is 7. The standard InChI is InChI=1S/C24H23F5N6O/c1-15-9-23(25,26)14-35(19(15)11-34-20-4-3-17(10-33-20)24(27,28)29)12-16-5-8-30-18(13-36)21(16)22-31-6-2-7-32-22/h2-8,10,13,15,19H,9,11-12,14H2,1H3,(H,33,34)/t15-,19-/m1/s1. The van der Waals surface area contributed by atoms with Crippen molar-refractivity contribution < 1.29 is 26.7 Å². The predicted octanol–water partition coefficient (Wildman–Crippen LogP) is 4.72.